The molecule has 106 valence electrons. The van der Waals surface area contributed by atoms with Crippen molar-refractivity contribution in [1.29, 1.82) is 0 Å². The van der Waals surface area contributed by atoms with E-state index in [-0.39, 0.29) is 11.9 Å². The van der Waals surface area contributed by atoms with Gasteiger partial charge >= 0.3 is 0 Å². The summed E-state index contributed by atoms with van der Waals surface area (Å²) in [6, 6.07) is 10.1. The highest BCUT2D eigenvalue weighted by atomic mass is 79.9. The first kappa shape index (κ1) is 15.3. The van der Waals surface area contributed by atoms with E-state index in [0.29, 0.717) is 0 Å². The summed E-state index contributed by atoms with van der Waals surface area (Å²) in [7, 11) is 1.88. The molecule has 1 aromatic heterocycles. The molecular formula is C16H18BrNOS. The summed E-state index contributed by atoms with van der Waals surface area (Å²) in [5.41, 5.74) is 1.76. The van der Waals surface area contributed by atoms with Crippen molar-refractivity contribution < 1.29 is 4.79 Å². The number of halogens is 1. The van der Waals surface area contributed by atoms with E-state index in [4.69, 9.17) is 0 Å². The first-order valence-corrected chi connectivity index (χ1v) is 8.22. The number of hydrogen-bond acceptors (Lipinski definition) is 2. The van der Waals surface area contributed by atoms with Crippen LogP contribution in [0, 0.1) is 6.92 Å². The zero-order valence-electron chi connectivity index (χ0n) is 11.9. The topological polar surface area (TPSA) is 20.3 Å². The second-order valence-corrected chi connectivity index (χ2v) is 6.85. The number of benzene rings is 1. The van der Waals surface area contributed by atoms with E-state index in [1.54, 1.807) is 11.3 Å². The third-order valence-corrected chi connectivity index (χ3v) is 5.31. The number of rotatable bonds is 4. The molecule has 4 heteroatoms. The number of carbonyl (C=O) groups is 1. The van der Waals surface area contributed by atoms with Crippen molar-refractivity contribution in [1.82, 2.24) is 4.90 Å². The van der Waals surface area contributed by atoms with Gasteiger partial charge in [-0.2, -0.15) is 0 Å². The third-order valence-electron chi connectivity index (χ3n) is 3.56. The van der Waals surface area contributed by atoms with Gasteiger partial charge in [0.2, 0.25) is 0 Å². The summed E-state index contributed by atoms with van der Waals surface area (Å²) in [6.07, 6.45) is 0.896. The molecule has 2 aromatic rings. The molecule has 1 aromatic carbocycles. The maximum Gasteiger partial charge on any atom is 0.254 e. The van der Waals surface area contributed by atoms with E-state index in [0.717, 1.165) is 22.0 Å². The molecule has 0 spiro atoms. The first-order valence-electron chi connectivity index (χ1n) is 6.55. The Kier molecular flexibility index (Phi) is 5.00. The molecule has 20 heavy (non-hydrogen) atoms. The van der Waals surface area contributed by atoms with Gasteiger partial charge in [0.1, 0.15) is 0 Å². The smallest absolute Gasteiger partial charge is 0.254 e. The minimum absolute atomic E-state index is 0.0767. The van der Waals surface area contributed by atoms with Gasteiger partial charge < -0.3 is 4.90 Å². The second kappa shape index (κ2) is 6.55. The molecule has 1 unspecified atom stereocenters. The Bertz CT molecular complexity index is 595. The molecule has 2 nitrogen and oxygen atoms in total. The van der Waals surface area contributed by atoms with E-state index in [1.165, 1.54) is 4.88 Å². The summed E-state index contributed by atoms with van der Waals surface area (Å²) in [5.74, 6) is 0.0767. The largest absolute Gasteiger partial charge is 0.339 e. The Balaban J connectivity index is 2.13. The molecule has 0 N–H and O–H groups in total. The lowest BCUT2D eigenvalue weighted by molar-refractivity contribution is 0.0743. The molecule has 0 aliphatic carbocycles. The zero-order valence-corrected chi connectivity index (χ0v) is 14.3. The van der Waals surface area contributed by atoms with Crippen LogP contribution in [-0.4, -0.2) is 23.9 Å². The van der Waals surface area contributed by atoms with Gasteiger partial charge in [-0.3, -0.25) is 4.79 Å². The van der Waals surface area contributed by atoms with Crippen LogP contribution < -0.4 is 0 Å². The quantitative estimate of drug-likeness (QED) is 0.792. The summed E-state index contributed by atoms with van der Waals surface area (Å²) in [5, 5.41) is 2.07. The summed E-state index contributed by atoms with van der Waals surface area (Å²) in [6.45, 7) is 4.06. The standard InChI is InChI=1S/C16H18BrNOS/c1-11(10-13-6-5-9-20-13)18(3)16(19)14-7-4-8-15(17)12(14)2/h4-9,11H,10H2,1-3H3. The Hall–Kier alpha value is -1.13. The lowest BCUT2D eigenvalue weighted by atomic mass is 10.1. The lowest BCUT2D eigenvalue weighted by Gasteiger charge is -2.25. The number of thiophene rings is 1. The Morgan fingerprint density at radius 1 is 1.35 bits per heavy atom. The Morgan fingerprint density at radius 2 is 2.10 bits per heavy atom. The van der Waals surface area contributed by atoms with Gasteiger partial charge in [0.05, 0.1) is 0 Å². The van der Waals surface area contributed by atoms with Crippen molar-refractivity contribution in [3.8, 4) is 0 Å². The van der Waals surface area contributed by atoms with E-state index >= 15 is 0 Å². The maximum absolute atomic E-state index is 12.6. The van der Waals surface area contributed by atoms with Crippen molar-refractivity contribution in [3.05, 3.63) is 56.2 Å². The monoisotopic (exact) mass is 351 g/mol. The van der Waals surface area contributed by atoms with Crippen LogP contribution in [0.25, 0.3) is 0 Å². The highest BCUT2D eigenvalue weighted by Crippen LogP contribution is 2.22. The predicted molar refractivity (Wildman–Crippen MR) is 88.5 cm³/mol. The van der Waals surface area contributed by atoms with Crippen molar-refractivity contribution in [2.75, 3.05) is 7.05 Å². The molecule has 0 saturated heterocycles. The van der Waals surface area contributed by atoms with Crippen LogP contribution in [0.2, 0.25) is 0 Å². The molecule has 1 amide bonds. The van der Waals surface area contributed by atoms with Gasteiger partial charge in [0.25, 0.3) is 5.91 Å². The van der Waals surface area contributed by atoms with E-state index in [2.05, 4.69) is 34.3 Å². The third kappa shape index (κ3) is 3.30. The van der Waals surface area contributed by atoms with Gasteiger partial charge in [-0.15, -0.1) is 11.3 Å². The molecule has 1 heterocycles. The van der Waals surface area contributed by atoms with Gasteiger partial charge in [-0.05, 0) is 43.0 Å². The van der Waals surface area contributed by atoms with Crippen molar-refractivity contribution >= 4 is 33.2 Å². The molecule has 1 atom stereocenters. The average Bonchev–Trinajstić information content (AvgIpc) is 2.93. The molecule has 2 rings (SSSR count). The summed E-state index contributed by atoms with van der Waals surface area (Å²) >= 11 is 5.22. The molecule has 0 aliphatic rings. The fourth-order valence-electron chi connectivity index (χ4n) is 2.09. The van der Waals surface area contributed by atoms with Crippen LogP contribution in [0.15, 0.2) is 40.2 Å². The van der Waals surface area contributed by atoms with Crippen molar-refractivity contribution in [3.63, 3.8) is 0 Å². The Morgan fingerprint density at radius 3 is 2.75 bits per heavy atom. The highest BCUT2D eigenvalue weighted by Gasteiger charge is 2.20. The van der Waals surface area contributed by atoms with Gasteiger partial charge in [-0.1, -0.05) is 28.1 Å². The predicted octanol–water partition coefficient (Wildman–Crippen LogP) is 4.52. The van der Waals surface area contributed by atoms with E-state index in [9.17, 15) is 4.79 Å². The van der Waals surface area contributed by atoms with Crippen LogP contribution in [0.4, 0.5) is 0 Å². The van der Waals surface area contributed by atoms with Crippen molar-refractivity contribution in [2.45, 2.75) is 26.3 Å². The average molecular weight is 352 g/mol. The van der Waals surface area contributed by atoms with Crippen LogP contribution in [0.3, 0.4) is 0 Å². The van der Waals surface area contributed by atoms with Gasteiger partial charge in [0, 0.05) is 34.4 Å². The number of nitrogens with zero attached hydrogens (tertiary/aromatic N) is 1. The Labute approximate surface area is 132 Å². The van der Waals surface area contributed by atoms with Gasteiger partial charge in [0.15, 0.2) is 0 Å². The molecular weight excluding hydrogens is 334 g/mol. The van der Waals surface area contributed by atoms with E-state index in [1.807, 2.05) is 43.1 Å². The van der Waals surface area contributed by atoms with Crippen LogP contribution in [0.1, 0.15) is 27.7 Å². The fraction of sp³-hybridized carbons (Fsp3) is 0.312. The number of amides is 1. The lowest BCUT2D eigenvalue weighted by Crippen LogP contribution is -2.36. The molecule has 0 aliphatic heterocycles. The minimum Gasteiger partial charge on any atom is -0.339 e. The van der Waals surface area contributed by atoms with E-state index < -0.39 is 0 Å². The number of likely N-dealkylation sites (N-methyl/N-ethyl adjacent to an activating group) is 1. The zero-order chi connectivity index (χ0) is 14.7. The first-order chi connectivity index (χ1) is 9.50. The molecule has 0 saturated carbocycles. The SMILES string of the molecule is Cc1c(Br)cccc1C(=O)N(C)C(C)Cc1cccs1. The van der Waals surface area contributed by atoms with Crippen LogP contribution >= 0.6 is 27.3 Å². The normalized spacial score (nSPS) is 12.2. The molecule has 0 radical (unpaired) electrons. The number of hydrogen-bond donors (Lipinski definition) is 0. The summed E-state index contributed by atoms with van der Waals surface area (Å²) < 4.78 is 0.975. The maximum atomic E-state index is 12.6. The second-order valence-electron chi connectivity index (χ2n) is 4.96. The fourth-order valence-corrected chi connectivity index (χ4v) is 3.28. The number of carbonyl (C=O) groups excluding carboxylic acids is 1. The van der Waals surface area contributed by atoms with Crippen LogP contribution in [0.5, 0.6) is 0 Å². The summed E-state index contributed by atoms with van der Waals surface area (Å²) in [4.78, 5) is 15.7. The van der Waals surface area contributed by atoms with Gasteiger partial charge in [-0.25, -0.2) is 0 Å². The molecule has 0 bridgehead atoms. The van der Waals surface area contributed by atoms with Crippen LogP contribution in [-0.2, 0) is 6.42 Å². The van der Waals surface area contributed by atoms with Crippen molar-refractivity contribution in [2.24, 2.45) is 0 Å². The molecule has 0 fully saturated rings. The highest BCUT2D eigenvalue weighted by molar-refractivity contribution is 9.10. The minimum atomic E-state index is 0.0767.